The Balaban J connectivity index is 1.45. The Morgan fingerprint density at radius 1 is 0.901 bits per heavy atom. The van der Waals surface area contributed by atoms with E-state index in [2.05, 4.69) is 26.1 Å². The van der Waals surface area contributed by atoms with Gasteiger partial charge in [-0.15, -0.1) is 0 Å². The molecule has 2 saturated heterocycles. The second-order valence-electron chi connectivity index (χ2n) is 22.2. The molecule has 388 valence electrons. The van der Waals surface area contributed by atoms with E-state index in [0.29, 0.717) is 16.7 Å². The Morgan fingerprint density at radius 2 is 1.51 bits per heavy atom. The molecule has 18 heteroatoms. The van der Waals surface area contributed by atoms with Gasteiger partial charge in [-0.25, -0.2) is 14.4 Å². The lowest BCUT2D eigenvalue weighted by molar-refractivity contribution is -0.333. The maximum absolute atomic E-state index is 16.3. The molecule has 16 nitrogen and oxygen atoms in total. The van der Waals surface area contributed by atoms with E-state index in [-0.39, 0.29) is 25.0 Å². The first-order valence-corrected chi connectivity index (χ1v) is 30.3. The van der Waals surface area contributed by atoms with E-state index in [4.69, 9.17) is 42.0 Å². The largest absolute Gasteiger partial charge is 0.509 e. The third-order valence-electron chi connectivity index (χ3n) is 17.3. The third kappa shape index (κ3) is 9.07. The summed E-state index contributed by atoms with van der Waals surface area (Å²) in [6.45, 7) is 24.3. The Bertz CT molecular complexity index is 2410. The van der Waals surface area contributed by atoms with Gasteiger partial charge in [-0.3, -0.25) is 14.4 Å². The van der Waals surface area contributed by atoms with E-state index in [9.17, 15) is 19.2 Å². The molecule has 2 heterocycles. The number of amides is 1. The second-order valence-corrected chi connectivity index (χ2v) is 31.6. The minimum atomic E-state index is -2.89. The molecule has 2 aliphatic heterocycles. The van der Waals surface area contributed by atoms with E-state index in [0.717, 1.165) is 18.1 Å². The normalized spacial score (nSPS) is 30.8. The molecular formula is C53H73NO15Si2. The molecule has 0 radical (unpaired) electrons. The van der Waals surface area contributed by atoms with Crippen molar-refractivity contribution in [1.29, 1.82) is 0 Å². The van der Waals surface area contributed by atoms with Crippen molar-refractivity contribution < 1.29 is 70.8 Å². The summed E-state index contributed by atoms with van der Waals surface area (Å²) in [6, 6.07) is 18.8. The molecule has 2 bridgehead atoms. The summed E-state index contributed by atoms with van der Waals surface area (Å²) >= 11 is 0. The molecule has 11 atom stereocenters. The van der Waals surface area contributed by atoms with Crippen LogP contribution in [0, 0.1) is 16.7 Å². The molecule has 2 aromatic rings. The van der Waals surface area contributed by atoms with Crippen LogP contribution < -0.4 is 5.32 Å². The van der Waals surface area contributed by atoms with Crippen LogP contribution in [0.5, 0.6) is 0 Å². The van der Waals surface area contributed by atoms with Gasteiger partial charge in [-0.1, -0.05) is 104 Å². The molecule has 1 spiro atoms. The number of esters is 2. The first-order valence-electron chi connectivity index (χ1n) is 24.9. The van der Waals surface area contributed by atoms with Crippen LogP contribution in [0.2, 0.25) is 36.3 Å². The Labute approximate surface area is 419 Å². The molecule has 0 aromatic heterocycles. The molecule has 4 fully saturated rings. The molecule has 1 N–H and O–H groups in total. The topological polar surface area (TPSA) is 198 Å². The van der Waals surface area contributed by atoms with Gasteiger partial charge in [0.05, 0.1) is 37.2 Å². The number of methoxy groups -OCH3 is 1. The number of rotatable bonds is 15. The Morgan fingerprint density at radius 3 is 2.04 bits per heavy atom. The van der Waals surface area contributed by atoms with E-state index in [1.54, 1.807) is 82.3 Å². The average Bonchev–Trinajstić information content (AvgIpc) is 3.65. The quantitative estimate of drug-likeness (QED) is 0.0766. The van der Waals surface area contributed by atoms with Crippen molar-refractivity contribution in [2.45, 2.75) is 179 Å². The summed E-state index contributed by atoms with van der Waals surface area (Å²) in [4.78, 5) is 87.2. The lowest BCUT2D eigenvalue weighted by Gasteiger charge is -2.67. The highest BCUT2D eigenvalue weighted by Gasteiger charge is 2.81. The zero-order valence-electron chi connectivity index (χ0n) is 43.8. The predicted octanol–water partition coefficient (Wildman–Crippen LogP) is 9.33. The highest BCUT2D eigenvalue weighted by Crippen LogP contribution is 2.67. The van der Waals surface area contributed by atoms with Crippen molar-refractivity contribution in [3.05, 3.63) is 82.9 Å². The van der Waals surface area contributed by atoms with Crippen molar-refractivity contribution in [2.75, 3.05) is 13.7 Å². The number of hydrogen-bond donors (Lipinski definition) is 1. The minimum Gasteiger partial charge on any atom is -0.456 e. The van der Waals surface area contributed by atoms with Crippen molar-refractivity contribution in [1.82, 2.24) is 5.32 Å². The Hall–Kier alpha value is -4.89. The van der Waals surface area contributed by atoms with Crippen LogP contribution in [0.25, 0.3) is 0 Å². The van der Waals surface area contributed by atoms with Crippen LogP contribution in [0.15, 0.2) is 71.8 Å². The van der Waals surface area contributed by atoms with Gasteiger partial charge >= 0.3 is 24.2 Å². The fourth-order valence-corrected chi connectivity index (χ4v) is 16.1. The zero-order valence-corrected chi connectivity index (χ0v) is 45.8. The molecule has 1 amide bonds. The van der Waals surface area contributed by atoms with Gasteiger partial charge in [0.15, 0.2) is 51.9 Å². The number of carbonyl (C=O) groups is 6. The number of Topliss-reactive ketones (excluding diaryl/α,β-unsaturated/α-hetero) is 1. The van der Waals surface area contributed by atoms with E-state index >= 15 is 9.59 Å². The lowest BCUT2D eigenvalue weighted by atomic mass is 9.44. The number of ether oxygens (including phenoxy) is 7. The summed E-state index contributed by atoms with van der Waals surface area (Å²) in [5, 5.41) is 2.68. The van der Waals surface area contributed by atoms with Crippen LogP contribution in [0.4, 0.5) is 9.59 Å². The zero-order chi connectivity index (χ0) is 52.3. The van der Waals surface area contributed by atoms with Gasteiger partial charge in [-0.05, 0) is 79.0 Å². The second kappa shape index (κ2) is 19.5. The van der Waals surface area contributed by atoms with Gasteiger partial charge in [0, 0.05) is 30.7 Å². The van der Waals surface area contributed by atoms with Crippen molar-refractivity contribution in [2.24, 2.45) is 16.7 Å². The van der Waals surface area contributed by atoms with Gasteiger partial charge in [-0.2, -0.15) is 0 Å². The van der Waals surface area contributed by atoms with Crippen molar-refractivity contribution in [3.8, 4) is 0 Å². The summed E-state index contributed by atoms with van der Waals surface area (Å²) in [6.07, 6.45) is -9.68. The number of carbonyl (C=O) groups excluding carboxylic acids is 6. The highest BCUT2D eigenvalue weighted by atomic mass is 28.4. The van der Waals surface area contributed by atoms with Gasteiger partial charge < -0.3 is 47.3 Å². The van der Waals surface area contributed by atoms with Crippen LogP contribution >= 0.6 is 0 Å². The average molecular weight is 1020 g/mol. The molecule has 7 rings (SSSR count). The fraction of sp³-hybridized carbons (Fsp3) is 0.623. The summed E-state index contributed by atoms with van der Waals surface area (Å²) in [7, 11) is -4.29. The van der Waals surface area contributed by atoms with Gasteiger partial charge in [0.2, 0.25) is 0 Å². The van der Waals surface area contributed by atoms with Crippen LogP contribution in [0.1, 0.15) is 111 Å². The molecule has 3 aliphatic carbocycles. The molecule has 0 unspecified atom stereocenters. The van der Waals surface area contributed by atoms with Crippen LogP contribution in [-0.2, 0) is 56.4 Å². The third-order valence-corrected chi connectivity index (χ3v) is 26.4. The number of ketones is 1. The SMILES string of the molecule is CC[Si](CC)(CC)O[C@H]1C[C@H]2OC[C@@]2(OC(=O)OC)[C@H]2[C@@H]3OC(=O)O[C@]34C[C@H](OC(=O)[C@H](O[Si](C)(C)C(C)(C)C)[C@@H](NC(=O)c3ccccc3)c3ccccc3)C(C)=C([C@@H](OC(C)=O)C(=O)[C@]12C)C4(C)C. The monoisotopic (exact) mass is 1020 g/mol. The number of fused-ring (bicyclic) bond motifs is 5. The predicted molar refractivity (Wildman–Crippen MR) is 265 cm³/mol. The smallest absolute Gasteiger partial charge is 0.456 e. The highest BCUT2D eigenvalue weighted by molar-refractivity contribution is 6.74. The van der Waals surface area contributed by atoms with Crippen LogP contribution in [-0.4, -0.2) is 114 Å². The standard InChI is InChI=1S/C53H73NO15Si2/c1-15-71(16-2,17-3)68-36-28-37-52(30-62-37,66-47(59)61-12)42-44-53(67-48(60)65-44)29-35(31(4)38(50(53,9)10)40(63-32(5)55)43(56)51(36,42)11)64-46(58)41(69-70(13,14)49(6,7)8)39(33-24-20-18-21-25-33)54-45(57)34-26-22-19-23-27-34/h18-27,35-37,39-42,44H,15-17,28-30H2,1-14H3,(H,54,57)/t35-,36-,37+,39-,40+,41+,42-,44-,51+,52-,53+/m0/s1. The molecule has 2 aromatic carbocycles. The summed E-state index contributed by atoms with van der Waals surface area (Å²) < 4.78 is 57.9. The van der Waals surface area contributed by atoms with Crippen LogP contribution in [0.3, 0.4) is 0 Å². The first kappa shape index (κ1) is 53.9. The van der Waals surface area contributed by atoms with Crippen molar-refractivity contribution in [3.63, 3.8) is 0 Å². The number of nitrogens with one attached hydrogen (secondary N) is 1. The van der Waals surface area contributed by atoms with E-state index in [1.807, 2.05) is 39.9 Å². The molecule has 5 aliphatic rings. The van der Waals surface area contributed by atoms with Gasteiger partial charge in [0.25, 0.3) is 5.91 Å². The molecule has 71 heavy (non-hydrogen) atoms. The maximum atomic E-state index is 16.3. The summed E-state index contributed by atoms with van der Waals surface area (Å²) in [5.74, 6) is -3.90. The summed E-state index contributed by atoms with van der Waals surface area (Å²) in [5.41, 5.74) is -4.97. The number of benzene rings is 2. The first-order chi connectivity index (χ1) is 33.2. The number of hydrogen-bond acceptors (Lipinski definition) is 15. The van der Waals surface area contributed by atoms with E-state index < -0.39 is 128 Å². The Kier molecular flexibility index (Phi) is 14.8. The fourth-order valence-electron chi connectivity index (χ4n) is 11.9. The van der Waals surface area contributed by atoms with E-state index in [1.165, 1.54) is 14.0 Å². The maximum Gasteiger partial charge on any atom is 0.509 e. The minimum absolute atomic E-state index is 0.118. The van der Waals surface area contributed by atoms with Gasteiger partial charge in [0.1, 0.15) is 12.2 Å². The molecule has 2 saturated carbocycles. The molecular weight excluding hydrogens is 947 g/mol. The van der Waals surface area contributed by atoms with Crippen molar-refractivity contribution >= 4 is 52.6 Å². The lowest BCUT2D eigenvalue weighted by Crippen LogP contribution is -2.81.